The van der Waals surface area contributed by atoms with Crippen LogP contribution < -0.4 is 9.99 Å². The summed E-state index contributed by atoms with van der Waals surface area (Å²) in [7, 11) is 2.50. The highest BCUT2D eigenvalue weighted by molar-refractivity contribution is 7.13. The van der Waals surface area contributed by atoms with Crippen molar-refractivity contribution in [1.29, 1.82) is 0 Å². The van der Waals surface area contributed by atoms with Crippen LogP contribution in [0.4, 0.5) is 22.9 Å². The SMILES string of the molecule is [C-]#[N+]c1c(C(C)(C)C)nn(CCNP)c1/N=N/c1ccc2c(c1)C(C)CC(C)(C)N2CC. The van der Waals surface area contributed by atoms with Gasteiger partial charge >= 0.3 is 0 Å². The minimum absolute atomic E-state index is 0.135. The maximum Gasteiger partial charge on any atom is 0.255 e. The van der Waals surface area contributed by atoms with Gasteiger partial charge in [-0.05, 0) is 62.3 Å². The minimum atomic E-state index is -0.249. The highest BCUT2D eigenvalue weighted by atomic mass is 31.0. The number of fused-ring (bicyclic) bond motifs is 1. The quantitative estimate of drug-likeness (QED) is 0.303. The summed E-state index contributed by atoms with van der Waals surface area (Å²) < 4.78 is 1.79. The van der Waals surface area contributed by atoms with Gasteiger partial charge in [0, 0.05) is 24.3 Å². The van der Waals surface area contributed by atoms with Gasteiger partial charge in [-0.25, -0.2) is 4.85 Å². The van der Waals surface area contributed by atoms with E-state index in [2.05, 4.69) is 95.1 Å². The number of nitrogens with zero attached hydrogens (tertiary/aromatic N) is 6. The number of aromatic nitrogens is 2. The molecule has 2 unspecified atom stereocenters. The first-order valence-corrected chi connectivity index (χ1v) is 11.9. The first kappa shape index (κ1) is 24.4. The lowest BCUT2D eigenvalue weighted by molar-refractivity contribution is 0.381. The number of azo groups is 1. The lowest BCUT2D eigenvalue weighted by Gasteiger charge is -2.47. The van der Waals surface area contributed by atoms with Crippen molar-refractivity contribution >= 4 is 32.3 Å². The Morgan fingerprint density at radius 3 is 2.62 bits per heavy atom. The lowest BCUT2D eigenvalue weighted by atomic mass is 9.80. The number of hydrogen-bond acceptors (Lipinski definition) is 5. The molecule has 7 nitrogen and oxygen atoms in total. The van der Waals surface area contributed by atoms with Crippen molar-refractivity contribution < 1.29 is 0 Å². The zero-order valence-electron chi connectivity index (χ0n) is 20.4. The third-order valence-corrected chi connectivity index (χ3v) is 6.43. The minimum Gasteiger partial charge on any atom is -0.366 e. The average molecular weight is 454 g/mol. The number of anilines is 1. The number of rotatable bonds is 6. The number of nitrogens with one attached hydrogen (secondary N) is 1. The van der Waals surface area contributed by atoms with Crippen molar-refractivity contribution in [1.82, 2.24) is 14.9 Å². The molecular weight excluding hydrogens is 417 g/mol. The Morgan fingerprint density at radius 2 is 2.03 bits per heavy atom. The highest BCUT2D eigenvalue weighted by Crippen LogP contribution is 2.45. The summed E-state index contributed by atoms with van der Waals surface area (Å²) in [5, 5.41) is 16.9. The fraction of sp³-hybridized carbons (Fsp3) is 0.583. The summed E-state index contributed by atoms with van der Waals surface area (Å²) in [6, 6.07) is 6.33. The Morgan fingerprint density at radius 1 is 1.31 bits per heavy atom. The largest absolute Gasteiger partial charge is 0.366 e. The Labute approximate surface area is 194 Å². The van der Waals surface area contributed by atoms with Crippen molar-refractivity contribution in [3.05, 3.63) is 40.9 Å². The van der Waals surface area contributed by atoms with E-state index in [-0.39, 0.29) is 11.0 Å². The zero-order valence-corrected chi connectivity index (χ0v) is 21.6. The number of benzene rings is 1. The van der Waals surface area contributed by atoms with Gasteiger partial charge in [0.05, 0.1) is 24.5 Å². The molecule has 1 aromatic heterocycles. The molecule has 0 aliphatic carbocycles. The van der Waals surface area contributed by atoms with Crippen molar-refractivity contribution in [3.63, 3.8) is 0 Å². The van der Waals surface area contributed by atoms with E-state index in [4.69, 9.17) is 11.7 Å². The van der Waals surface area contributed by atoms with Crippen molar-refractivity contribution in [2.45, 2.75) is 78.3 Å². The van der Waals surface area contributed by atoms with Gasteiger partial charge in [0.1, 0.15) is 0 Å². The summed E-state index contributed by atoms with van der Waals surface area (Å²) in [6.45, 7) is 25.4. The van der Waals surface area contributed by atoms with Crippen LogP contribution in [0.15, 0.2) is 28.4 Å². The Hall–Kier alpha value is -2.29. The fourth-order valence-corrected chi connectivity index (χ4v) is 4.85. The third-order valence-electron chi connectivity index (χ3n) is 6.14. The first-order chi connectivity index (χ1) is 15.0. The molecule has 0 spiro atoms. The van der Waals surface area contributed by atoms with Crippen molar-refractivity contribution in [2.75, 3.05) is 18.0 Å². The lowest BCUT2D eigenvalue weighted by Crippen LogP contribution is -2.48. The smallest absolute Gasteiger partial charge is 0.255 e. The second kappa shape index (κ2) is 9.29. The van der Waals surface area contributed by atoms with Crippen molar-refractivity contribution in [3.8, 4) is 0 Å². The molecule has 172 valence electrons. The van der Waals surface area contributed by atoms with E-state index in [0.717, 1.165) is 24.3 Å². The highest BCUT2D eigenvalue weighted by Gasteiger charge is 2.35. The van der Waals surface area contributed by atoms with E-state index >= 15 is 0 Å². The third kappa shape index (κ3) is 4.72. The molecule has 0 amide bonds. The normalized spacial score (nSPS) is 18.1. The second-order valence-corrected chi connectivity index (χ2v) is 10.6. The predicted molar refractivity (Wildman–Crippen MR) is 136 cm³/mol. The first-order valence-electron chi connectivity index (χ1n) is 11.3. The van der Waals surface area contributed by atoms with Gasteiger partial charge in [0.2, 0.25) is 0 Å². The van der Waals surface area contributed by atoms with Gasteiger partial charge in [0.15, 0.2) is 5.82 Å². The molecule has 2 heterocycles. The fourth-order valence-electron chi connectivity index (χ4n) is 4.72. The predicted octanol–water partition coefficient (Wildman–Crippen LogP) is 6.64. The molecule has 1 aliphatic heterocycles. The summed E-state index contributed by atoms with van der Waals surface area (Å²) in [5.41, 5.74) is 4.52. The summed E-state index contributed by atoms with van der Waals surface area (Å²) >= 11 is 0. The van der Waals surface area contributed by atoms with E-state index in [1.807, 2.05) is 6.07 Å². The van der Waals surface area contributed by atoms with Gasteiger partial charge in [-0.2, -0.15) is 10.2 Å². The van der Waals surface area contributed by atoms with Gasteiger partial charge in [-0.1, -0.05) is 37.1 Å². The van der Waals surface area contributed by atoms with Crippen LogP contribution in [0.2, 0.25) is 0 Å². The molecule has 2 atom stereocenters. The Bertz CT molecular complexity index is 1040. The Balaban J connectivity index is 2.02. The van der Waals surface area contributed by atoms with Crippen LogP contribution in [-0.4, -0.2) is 28.4 Å². The Kier molecular flexibility index (Phi) is 7.07. The molecule has 8 heteroatoms. The van der Waals surface area contributed by atoms with Crippen molar-refractivity contribution in [2.24, 2.45) is 10.2 Å². The molecule has 0 fully saturated rings. The molecule has 3 rings (SSSR count). The maximum absolute atomic E-state index is 7.76. The zero-order chi connectivity index (χ0) is 23.7. The molecule has 1 N–H and O–H groups in total. The molecule has 32 heavy (non-hydrogen) atoms. The molecule has 2 aromatic rings. The van der Waals surface area contributed by atoms with E-state index in [1.54, 1.807) is 4.68 Å². The molecule has 1 aromatic carbocycles. The maximum atomic E-state index is 7.76. The molecule has 0 radical (unpaired) electrons. The van der Waals surface area contributed by atoms with E-state index in [0.29, 0.717) is 30.5 Å². The monoisotopic (exact) mass is 453 g/mol. The van der Waals surface area contributed by atoms with E-state index in [9.17, 15) is 0 Å². The van der Waals surface area contributed by atoms with Crippen LogP contribution in [0.3, 0.4) is 0 Å². The average Bonchev–Trinajstić information content (AvgIpc) is 3.08. The molecule has 0 saturated carbocycles. The van der Waals surface area contributed by atoms with E-state index in [1.165, 1.54) is 11.3 Å². The second-order valence-electron chi connectivity index (χ2n) is 10.2. The van der Waals surface area contributed by atoms with Gasteiger partial charge in [-0.3, -0.25) is 9.77 Å². The standard InChI is InChI=1S/C24H36N7P/c1-9-30-19-11-10-17(14-18(19)16(2)15-24(30,6)7)27-28-22-20(25-8)21(23(3,4)5)29-31(22)13-12-26-32/h10-11,14,16,26H,9,12-13,15,32H2,1-7H3/b28-27+. The van der Waals surface area contributed by atoms with Gasteiger partial charge in [-0.15, -0.1) is 5.11 Å². The summed E-state index contributed by atoms with van der Waals surface area (Å²) in [5.74, 6) is 0.968. The van der Waals surface area contributed by atoms with E-state index < -0.39 is 0 Å². The molecule has 0 bridgehead atoms. The molecule has 0 saturated heterocycles. The van der Waals surface area contributed by atoms with Crippen LogP contribution in [0.1, 0.15) is 72.1 Å². The molecular formula is C24H36N7P. The summed E-state index contributed by atoms with van der Waals surface area (Å²) in [6.07, 6.45) is 1.10. The van der Waals surface area contributed by atoms with Crippen LogP contribution in [0.5, 0.6) is 0 Å². The summed E-state index contributed by atoms with van der Waals surface area (Å²) in [4.78, 5) is 6.25. The van der Waals surface area contributed by atoms with Gasteiger partial charge in [0.25, 0.3) is 5.69 Å². The van der Waals surface area contributed by atoms with Gasteiger partial charge < -0.3 is 4.90 Å². The number of hydrogen-bond donors (Lipinski definition) is 1. The topological polar surface area (TPSA) is 62.2 Å². The molecule has 1 aliphatic rings. The van der Waals surface area contributed by atoms with Crippen LogP contribution >= 0.6 is 9.39 Å². The van der Waals surface area contributed by atoms with Crippen LogP contribution in [-0.2, 0) is 12.0 Å². The van der Waals surface area contributed by atoms with Crippen LogP contribution in [0.25, 0.3) is 4.85 Å². The van der Waals surface area contributed by atoms with Crippen LogP contribution in [0, 0.1) is 6.57 Å².